The second kappa shape index (κ2) is 14.2. The topological polar surface area (TPSA) is 126 Å². The van der Waals surface area contributed by atoms with Crippen molar-refractivity contribution in [2.45, 2.75) is 87.7 Å². The molecule has 11 heteroatoms. The number of carbonyl (C=O) groups excluding carboxylic acids is 1. The number of aromatic hydroxyl groups is 2. The van der Waals surface area contributed by atoms with Crippen LogP contribution in [0.1, 0.15) is 51.4 Å². The van der Waals surface area contributed by atoms with Crippen molar-refractivity contribution in [2.24, 2.45) is 0 Å². The Bertz CT molecular complexity index is 2270. The number of phenols is 2. The van der Waals surface area contributed by atoms with Crippen molar-refractivity contribution in [1.29, 1.82) is 0 Å². The van der Waals surface area contributed by atoms with E-state index in [1.165, 1.54) is 18.9 Å². The molecule has 4 aliphatic heterocycles. The van der Waals surface area contributed by atoms with Crippen LogP contribution in [0.5, 0.6) is 23.0 Å². The molecule has 8 heterocycles. The van der Waals surface area contributed by atoms with Crippen molar-refractivity contribution in [3.63, 3.8) is 0 Å². The first-order valence-electron chi connectivity index (χ1n) is 18.9. The van der Waals surface area contributed by atoms with Crippen LogP contribution in [0.25, 0.3) is 33.3 Å². The zero-order valence-electron chi connectivity index (χ0n) is 30.0. The molecule has 0 saturated carbocycles. The number of hydrogen-bond acceptors (Lipinski definition) is 8. The Morgan fingerprint density at radius 3 is 1.61 bits per heavy atom. The fraction of sp³-hybridized carbons (Fsp3) is 0.326. The highest BCUT2D eigenvalue weighted by molar-refractivity contribution is 5.88. The van der Waals surface area contributed by atoms with Crippen molar-refractivity contribution >= 4 is 16.9 Å². The van der Waals surface area contributed by atoms with E-state index in [2.05, 4.69) is 27.9 Å². The average molecular weight is 725 g/mol. The van der Waals surface area contributed by atoms with Gasteiger partial charge in [-0.1, -0.05) is 30.8 Å². The van der Waals surface area contributed by atoms with Gasteiger partial charge in [-0.25, -0.2) is 9.97 Å². The standard InChI is InChI=1S/C23H23N3O3.C20H21N3O2/c1-2-23(28)26-17-5-6-18(26)11-20(10-17)29-22-9-16(13-25-14-24-12-21(22)25)15-3-7-19(27)8-4-15;24-17-5-1-13(2-6-17)14-7-20(19-10-21-12-23(19)11-14)25-18-8-15-3-4-16(9-18)22-15/h2-4,7-9,12-14,17-18,20,27H,1,5-6,10-11H2;1-2,5-7,10-12,15-16,18,22,24H,3-4,8-9H2/t17-,18+,20?;15-,16+,18?. The Morgan fingerprint density at radius 2 is 1.15 bits per heavy atom. The Labute approximate surface area is 313 Å². The van der Waals surface area contributed by atoms with Gasteiger partial charge in [0.2, 0.25) is 5.91 Å². The Hall–Kier alpha value is -5.81. The van der Waals surface area contributed by atoms with E-state index in [1.807, 2.05) is 62.6 Å². The number of pyridine rings is 2. The third kappa shape index (κ3) is 6.75. The van der Waals surface area contributed by atoms with Crippen LogP contribution in [0.15, 0.2) is 111 Å². The molecule has 0 radical (unpaired) electrons. The van der Waals surface area contributed by atoms with Gasteiger partial charge in [-0.05, 0) is 92.1 Å². The van der Waals surface area contributed by atoms with E-state index >= 15 is 0 Å². The SMILES string of the molecule is C=CC(=O)N1[C@@H]2CC[C@H]1CC(Oc1cc(-c3ccc(O)cc3)cn3cncc13)C2.Oc1ccc(-c2cc(OC3C[C@H]4CC[C@@H](C3)N4)c3cncn3c2)cc1. The number of aromatic nitrogens is 4. The number of benzene rings is 2. The molecule has 4 saturated heterocycles. The summed E-state index contributed by atoms with van der Waals surface area (Å²) >= 11 is 0. The summed E-state index contributed by atoms with van der Waals surface area (Å²) < 4.78 is 16.9. The number of piperidine rings is 2. The summed E-state index contributed by atoms with van der Waals surface area (Å²) in [6, 6.07) is 20.2. The van der Waals surface area contributed by atoms with Gasteiger partial charge in [-0.15, -0.1) is 0 Å². The summed E-state index contributed by atoms with van der Waals surface area (Å²) in [5.41, 5.74) is 6.00. The molecular weight excluding hydrogens is 681 g/mol. The maximum atomic E-state index is 12.2. The molecule has 10 rings (SSSR count). The summed E-state index contributed by atoms with van der Waals surface area (Å²) in [5.74, 6) is 2.22. The van der Waals surface area contributed by atoms with E-state index in [1.54, 1.807) is 43.1 Å². The third-order valence-corrected chi connectivity index (χ3v) is 11.5. The molecule has 3 N–H and O–H groups in total. The number of fused-ring (bicyclic) bond motifs is 6. The molecule has 0 spiro atoms. The molecule has 4 fully saturated rings. The molecule has 4 bridgehead atoms. The molecule has 2 unspecified atom stereocenters. The van der Waals surface area contributed by atoms with E-state index < -0.39 is 0 Å². The predicted octanol–water partition coefficient (Wildman–Crippen LogP) is 7.16. The third-order valence-electron chi connectivity index (χ3n) is 11.5. The van der Waals surface area contributed by atoms with Gasteiger partial charge in [0.1, 0.15) is 46.2 Å². The molecule has 276 valence electrons. The number of amides is 1. The second-order valence-corrected chi connectivity index (χ2v) is 15.0. The minimum Gasteiger partial charge on any atom is -0.508 e. The van der Waals surface area contributed by atoms with Crippen molar-refractivity contribution in [3.8, 4) is 45.3 Å². The minimum atomic E-state index is 0.0310. The van der Waals surface area contributed by atoms with Crippen LogP contribution in [-0.2, 0) is 4.79 Å². The number of rotatable bonds is 7. The smallest absolute Gasteiger partial charge is 0.246 e. The highest BCUT2D eigenvalue weighted by atomic mass is 16.5. The van der Waals surface area contributed by atoms with E-state index in [4.69, 9.17) is 9.47 Å². The first-order chi connectivity index (χ1) is 26.4. The van der Waals surface area contributed by atoms with E-state index in [-0.39, 0.29) is 41.7 Å². The number of hydrogen-bond donors (Lipinski definition) is 3. The zero-order valence-corrected chi connectivity index (χ0v) is 30.0. The Morgan fingerprint density at radius 1 is 0.685 bits per heavy atom. The molecule has 2 aromatic carbocycles. The van der Waals surface area contributed by atoms with Crippen LogP contribution >= 0.6 is 0 Å². The lowest BCUT2D eigenvalue weighted by Crippen LogP contribution is -2.48. The fourth-order valence-corrected chi connectivity index (χ4v) is 8.96. The summed E-state index contributed by atoms with van der Waals surface area (Å²) in [7, 11) is 0. The van der Waals surface area contributed by atoms with Crippen LogP contribution in [0.4, 0.5) is 0 Å². The molecule has 0 aliphatic carbocycles. The van der Waals surface area contributed by atoms with Crippen LogP contribution in [0.2, 0.25) is 0 Å². The van der Waals surface area contributed by atoms with Gasteiger partial charge in [-0.2, -0.15) is 0 Å². The largest absolute Gasteiger partial charge is 0.508 e. The first-order valence-corrected chi connectivity index (χ1v) is 18.9. The summed E-state index contributed by atoms with van der Waals surface area (Å²) in [4.78, 5) is 22.7. The molecule has 1 amide bonds. The molecule has 6 aromatic rings. The highest BCUT2D eigenvalue weighted by Crippen LogP contribution is 2.39. The van der Waals surface area contributed by atoms with Crippen molar-refractivity contribution < 1.29 is 24.5 Å². The lowest BCUT2D eigenvalue weighted by atomic mass is 9.99. The summed E-state index contributed by atoms with van der Waals surface area (Å²) in [6.45, 7) is 3.64. The van der Waals surface area contributed by atoms with Crippen molar-refractivity contribution in [2.75, 3.05) is 0 Å². The molecule has 11 nitrogen and oxygen atoms in total. The van der Waals surface area contributed by atoms with Gasteiger partial charge in [0.25, 0.3) is 0 Å². The molecular formula is C43H44N6O5. The number of nitrogens with zero attached hydrogens (tertiary/aromatic N) is 5. The van der Waals surface area contributed by atoms with E-state index in [0.717, 1.165) is 83.3 Å². The maximum absolute atomic E-state index is 12.2. The van der Waals surface area contributed by atoms with Crippen LogP contribution in [0.3, 0.4) is 0 Å². The molecule has 4 aliphatic rings. The number of ether oxygens (including phenoxy) is 2. The van der Waals surface area contributed by atoms with Crippen LogP contribution in [0, 0.1) is 0 Å². The minimum absolute atomic E-state index is 0.0310. The van der Waals surface area contributed by atoms with Gasteiger partial charge in [-0.3, -0.25) is 4.79 Å². The maximum Gasteiger partial charge on any atom is 0.246 e. The highest BCUT2D eigenvalue weighted by Gasteiger charge is 2.43. The van der Waals surface area contributed by atoms with Gasteiger partial charge in [0.05, 0.1) is 25.0 Å². The summed E-state index contributed by atoms with van der Waals surface area (Å²) in [6.07, 6.45) is 21.4. The van der Waals surface area contributed by atoms with E-state index in [0.29, 0.717) is 12.1 Å². The number of nitrogens with one attached hydrogen (secondary N) is 1. The molecule has 54 heavy (non-hydrogen) atoms. The van der Waals surface area contributed by atoms with Gasteiger partial charge in [0.15, 0.2) is 0 Å². The lowest BCUT2D eigenvalue weighted by molar-refractivity contribution is -0.131. The van der Waals surface area contributed by atoms with Crippen molar-refractivity contribution in [1.82, 2.24) is 29.0 Å². The number of phenolic OH excluding ortho intramolecular Hbond substituents is 2. The van der Waals surface area contributed by atoms with Gasteiger partial charge in [0, 0.05) is 60.5 Å². The normalized spacial score (nSPS) is 24.3. The number of carbonyl (C=O) groups is 1. The molecule has 6 atom stereocenters. The van der Waals surface area contributed by atoms with Crippen LogP contribution in [-0.4, -0.2) is 76.2 Å². The lowest BCUT2D eigenvalue weighted by Gasteiger charge is -2.38. The zero-order chi connectivity index (χ0) is 36.8. The average Bonchev–Trinajstić information content (AvgIpc) is 3.98. The van der Waals surface area contributed by atoms with Gasteiger partial charge < -0.3 is 38.7 Å². The Kier molecular flexibility index (Phi) is 8.94. The second-order valence-electron chi connectivity index (χ2n) is 15.0. The quantitative estimate of drug-likeness (QED) is 0.148. The first kappa shape index (κ1) is 34.0. The fourth-order valence-electron chi connectivity index (χ4n) is 8.96. The van der Waals surface area contributed by atoms with Gasteiger partial charge >= 0.3 is 0 Å². The predicted molar refractivity (Wildman–Crippen MR) is 206 cm³/mol. The van der Waals surface area contributed by atoms with Crippen molar-refractivity contribution in [3.05, 3.63) is 111 Å². The van der Waals surface area contributed by atoms with Crippen LogP contribution < -0.4 is 14.8 Å². The number of imidazole rings is 2. The monoisotopic (exact) mass is 724 g/mol. The molecule has 4 aromatic heterocycles. The Balaban J connectivity index is 0.000000144. The summed E-state index contributed by atoms with van der Waals surface area (Å²) in [5, 5.41) is 22.8. The van der Waals surface area contributed by atoms with E-state index in [9.17, 15) is 15.0 Å².